The van der Waals surface area contributed by atoms with E-state index < -0.39 is 5.97 Å². The molecule has 2 rings (SSSR count). The van der Waals surface area contributed by atoms with Gasteiger partial charge in [-0.3, -0.25) is 9.59 Å². The van der Waals surface area contributed by atoms with Gasteiger partial charge >= 0.3 is 5.97 Å². The topological polar surface area (TPSA) is 57.6 Å². The minimum atomic E-state index is -0.801. The summed E-state index contributed by atoms with van der Waals surface area (Å²) in [6, 6.07) is 7.37. The molecule has 0 aliphatic carbocycles. The first-order valence-corrected chi connectivity index (χ1v) is 7.52. The lowest BCUT2D eigenvalue weighted by Gasteiger charge is -2.41. The molecule has 0 aromatic heterocycles. The first-order valence-electron chi connectivity index (χ1n) is 7.14. The summed E-state index contributed by atoms with van der Waals surface area (Å²) >= 11 is 5.89. The number of hydrogen-bond acceptors (Lipinski definition) is 2. The van der Waals surface area contributed by atoms with Crippen LogP contribution in [0.3, 0.4) is 0 Å². The zero-order valence-electron chi connectivity index (χ0n) is 12.3. The monoisotopic (exact) mass is 309 g/mol. The number of benzene rings is 1. The molecule has 0 saturated carbocycles. The van der Waals surface area contributed by atoms with E-state index >= 15 is 0 Å². The number of carbonyl (C=O) groups is 2. The number of carbonyl (C=O) groups excluding carboxylic acids is 1. The first kappa shape index (κ1) is 15.8. The van der Waals surface area contributed by atoms with Crippen molar-refractivity contribution >= 4 is 23.5 Å². The van der Waals surface area contributed by atoms with Crippen LogP contribution in [-0.4, -0.2) is 35.0 Å². The molecule has 0 bridgehead atoms. The van der Waals surface area contributed by atoms with Gasteiger partial charge in [-0.2, -0.15) is 0 Å². The number of nitrogens with zero attached hydrogens (tertiary/aromatic N) is 1. The second-order valence-corrected chi connectivity index (χ2v) is 6.42. The highest BCUT2D eigenvalue weighted by atomic mass is 35.5. The van der Waals surface area contributed by atoms with Crippen LogP contribution in [0, 0.1) is 11.8 Å². The Kier molecular flexibility index (Phi) is 4.88. The molecule has 1 N–H and O–H groups in total. The molecule has 4 nitrogen and oxygen atoms in total. The molecule has 1 aliphatic rings. The van der Waals surface area contributed by atoms with E-state index in [4.69, 9.17) is 16.7 Å². The summed E-state index contributed by atoms with van der Waals surface area (Å²) < 4.78 is 0. The van der Waals surface area contributed by atoms with Crippen molar-refractivity contribution < 1.29 is 14.7 Å². The number of rotatable bonds is 5. The van der Waals surface area contributed by atoms with Crippen molar-refractivity contribution in [1.82, 2.24) is 4.90 Å². The Morgan fingerprint density at radius 1 is 1.29 bits per heavy atom. The summed E-state index contributed by atoms with van der Waals surface area (Å²) in [5, 5.41) is 9.41. The molecule has 1 atom stereocenters. The third-order valence-corrected chi connectivity index (χ3v) is 4.15. The lowest BCUT2D eigenvalue weighted by atomic mass is 9.85. The molecular formula is C16H20ClNO3. The summed E-state index contributed by atoms with van der Waals surface area (Å²) in [5.74, 6) is -0.658. The van der Waals surface area contributed by atoms with Gasteiger partial charge in [-0.1, -0.05) is 37.6 Å². The van der Waals surface area contributed by atoms with Crippen LogP contribution in [0.4, 0.5) is 0 Å². The number of aliphatic carboxylic acids is 1. The van der Waals surface area contributed by atoms with E-state index in [1.165, 1.54) is 0 Å². The van der Waals surface area contributed by atoms with Gasteiger partial charge in [-0.05, 0) is 23.6 Å². The number of halogens is 1. The van der Waals surface area contributed by atoms with E-state index in [9.17, 15) is 9.59 Å². The van der Waals surface area contributed by atoms with Gasteiger partial charge in [-0.25, -0.2) is 0 Å². The van der Waals surface area contributed by atoms with Crippen molar-refractivity contribution in [3.05, 3.63) is 34.9 Å². The van der Waals surface area contributed by atoms with Crippen LogP contribution in [0.1, 0.15) is 31.7 Å². The van der Waals surface area contributed by atoms with Crippen LogP contribution in [0.15, 0.2) is 24.3 Å². The van der Waals surface area contributed by atoms with Crippen molar-refractivity contribution in [1.29, 1.82) is 0 Å². The van der Waals surface area contributed by atoms with Crippen molar-refractivity contribution in [2.75, 3.05) is 13.1 Å². The summed E-state index contributed by atoms with van der Waals surface area (Å²) in [4.78, 5) is 25.0. The normalized spacial score (nSPS) is 16.7. The zero-order chi connectivity index (χ0) is 15.6. The molecule has 1 heterocycles. The van der Waals surface area contributed by atoms with Gasteiger partial charge in [0.1, 0.15) is 0 Å². The average Bonchev–Trinajstić information content (AvgIpc) is 2.35. The van der Waals surface area contributed by atoms with E-state index in [1.807, 2.05) is 26.0 Å². The molecule has 1 unspecified atom stereocenters. The summed E-state index contributed by atoms with van der Waals surface area (Å²) in [5.41, 5.74) is 0.959. The Bertz CT molecular complexity index is 521. The molecule has 1 aromatic rings. The molecule has 21 heavy (non-hydrogen) atoms. The van der Waals surface area contributed by atoms with Crippen molar-refractivity contribution in [3.63, 3.8) is 0 Å². The molecule has 1 aromatic carbocycles. The third-order valence-electron chi connectivity index (χ3n) is 3.89. The predicted molar refractivity (Wildman–Crippen MR) is 81.4 cm³/mol. The fourth-order valence-electron chi connectivity index (χ4n) is 2.81. The molecule has 1 aliphatic heterocycles. The number of carboxylic acids is 1. The van der Waals surface area contributed by atoms with Gasteiger partial charge in [-0.15, -0.1) is 0 Å². The summed E-state index contributed by atoms with van der Waals surface area (Å²) in [7, 11) is 0. The fourth-order valence-corrected chi connectivity index (χ4v) is 2.93. The van der Waals surface area contributed by atoms with Crippen molar-refractivity contribution in [2.45, 2.75) is 26.2 Å². The van der Waals surface area contributed by atoms with Gasteiger partial charge in [0.15, 0.2) is 0 Å². The third kappa shape index (κ3) is 3.76. The number of likely N-dealkylation sites (tertiary alicyclic amines) is 1. The van der Waals surface area contributed by atoms with Crippen LogP contribution in [-0.2, 0) is 9.59 Å². The highest BCUT2D eigenvalue weighted by Gasteiger charge is 2.36. The predicted octanol–water partition coefficient (Wildman–Crippen LogP) is 3.01. The smallest absolute Gasteiger partial charge is 0.303 e. The van der Waals surface area contributed by atoms with Crippen molar-refractivity contribution in [3.8, 4) is 0 Å². The van der Waals surface area contributed by atoms with E-state index in [1.54, 1.807) is 17.0 Å². The van der Waals surface area contributed by atoms with E-state index in [-0.39, 0.29) is 30.1 Å². The second kappa shape index (κ2) is 6.48. The Balaban J connectivity index is 2.04. The SMILES string of the molecule is CC(C)C(C(=O)N1CC(CC(=O)O)C1)c1ccc(Cl)cc1. The van der Waals surface area contributed by atoms with E-state index in [0.29, 0.717) is 18.1 Å². The highest BCUT2D eigenvalue weighted by molar-refractivity contribution is 6.30. The molecule has 0 radical (unpaired) electrons. The maximum Gasteiger partial charge on any atom is 0.303 e. The van der Waals surface area contributed by atoms with Crippen LogP contribution in [0.25, 0.3) is 0 Å². The van der Waals surface area contributed by atoms with Gasteiger partial charge in [0.2, 0.25) is 5.91 Å². The molecule has 5 heteroatoms. The maximum absolute atomic E-state index is 12.6. The molecule has 114 valence electrons. The van der Waals surface area contributed by atoms with Crippen LogP contribution >= 0.6 is 11.6 Å². The van der Waals surface area contributed by atoms with Crippen molar-refractivity contribution in [2.24, 2.45) is 11.8 Å². The minimum Gasteiger partial charge on any atom is -0.481 e. The van der Waals surface area contributed by atoms with Crippen LogP contribution in [0.5, 0.6) is 0 Å². The fraction of sp³-hybridized carbons (Fsp3) is 0.500. The number of hydrogen-bond donors (Lipinski definition) is 1. The van der Waals surface area contributed by atoms with Gasteiger partial charge in [0, 0.05) is 24.0 Å². The number of carboxylic acid groups (broad SMARTS) is 1. The lowest BCUT2D eigenvalue weighted by molar-refractivity contribution is -0.146. The van der Waals surface area contributed by atoms with Crippen LogP contribution < -0.4 is 0 Å². The summed E-state index contributed by atoms with van der Waals surface area (Å²) in [6.45, 7) is 5.13. The quantitative estimate of drug-likeness (QED) is 0.909. The lowest BCUT2D eigenvalue weighted by Crippen LogP contribution is -2.52. The van der Waals surface area contributed by atoms with E-state index in [0.717, 1.165) is 5.56 Å². The second-order valence-electron chi connectivity index (χ2n) is 5.98. The highest BCUT2D eigenvalue weighted by Crippen LogP contribution is 2.31. The Morgan fingerprint density at radius 2 is 1.86 bits per heavy atom. The molecular weight excluding hydrogens is 290 g/mol. The average molecular weight is 310 g/mol. The molecule has 1 fully saturated rings. The van der Waals surface area contributed by atoms with Gasteiger partial charge < -0.3 is 10.0 Å². The Morgan fingerprint density at radius 3 is 2.33 bits per heavy atom. The van der Waals surface area contributed by atoms with Crippen LogP contribution in [0.2, 0.25) is 5.02 Å². The van der Waals surface area contributed by atoms with Gasteiger partial charge in [0.05, 0.1) is 12.3 Å². The maximum atomic E-state index is 12.6. The largest absolute Gasteiger partial charge is 0.481 e. The number of amides is 1. The van der Waals surface area contributed by atoms with E-state index in [2.05, 4.69) is 0 Å². The Labute approximate surface area is 129 Å². The minimum absolute atomic E-state index is 0.0777. The molecule has 1 saturated heterocycles. The molecule has 0 spiro atoms. The standard InChI is InChI=1S/C16H20ClNO3/c1-10(2)15(12-3-5-13(17)6-4-12)16(21)18-8-11(9-18)7-14(19)20/h3-6,10-11,15H,7-9H2,1-2H3,(H,19,20). The zero-order valence-corrected chi connectivity index (χ0v) is 13.0. The van der Waals surface area contributed by atoms with Gasteiger partial charge in [0.25, 0.3) is 0 Å². The first-order chi connectivity index (χ1) is 9.88. The summed E-state index contributed by atoms with van der Waals surface area (Å²) in [6.07, 6.45) is 0.136. The molecule has 1 amide bonds. The Hall–Kier alpha value is -1.55.